The lowest BCUT2D eigenvalue weighted by Crippen LogP contribution is -2.37. The zero-order valence-corrected chi connectivity index (χ0v) is 10.2. The maximum atomic E-state index is 13.8. The molecule has 0 fully saturated rings. The van der Waals surface area contributed by atoms with Crippen molar-refractivity contribution in [2.45, 2.75) is 59.7 Å². The highest BCUT2D eigenvalue weighted by molar-refractivity contribution is 4.65. The Morgan fingerprint density at radius 3 is 1.71 bits per heavy atom. The van der Waals surface area contributed by atoms with Crippen LogP contribution in [0.2, 0.25) is 0 Å². The average Bonchev–Trinajstić information content (AvgIpc) is 2.17. The maximum Gasteiger partial charge on any atom is 0.155 e. The van der Waals surface area contributed by atoms with E-state index in [1.807, 2.05) is 18.7 Å². The van der Waals surface area contributed by atoms with Crippen molar-refractivity contribution in [1.29, 1.82) is 0 Å². The van der Waals surface area contributed by atoms with E-state index in [4.69, 9.17) is 0 Å². The molecule has 0 spiro atoms. The molecule has 0 aromatic heterocycles. The van der Waals surface area contributed by atoms with Gasteiger partial charge < -0.3 is 0 Å². The van der Waals surface area contributed by atoms with E-state index in [-0.39, 0.29) is 5.92 Å². The third-order valence-electron chi connectivity index (χ3n) is 2.50. The van der Waals surface area contributed by atoms with Crippen LogP contribution in [0.3, 0.4) is 0 Å². The lowest BCUT2D eigenvalue weighted by Gasteiger charge is -2.28. The second-order valence-corrected chi connectivity index (χ2v) is 4.36. The van der Waals surface area contributed by atoms with Crippen molar-refractivity contribution in [3.8, 4) is 0 Å². The zero-order chi connectivity index (χ0) is 11.0. The van der Waals surface area contributed by atoms with Crippen molar-refractivity contribution in [3.05, 3.63) is 0 Å². The van der Waals surface area contributed by atoms with E-state index in [0.717, 1.165) is 38.8 Å². The SMILES string of the molecule is CCCCN(CCCC)C(F)C(C)C. The predicted molar refractivity (Wildman–Crippen MR) is 61.1 cm³/mol. The zero-order valence-electron chi connectivity index (χ0n) is 10.2. The van der Waals surface area contributed by atoms with Crippen LogP contribution in [0.1, 0.15) is 53.4 Å². The Balaban J connectivity index is 3.94. The molecule has 2 heteroatoms. The van der Waals surface area contributed by atoms with Gasteiger partial charge in [-0.2, -0.15) is 0 Å². The number of halogens is 1. The first kappa shape index (κ1) is 13.9. The van der Waals surface area contributed by atoms with Crippen LogP contribution in [0.5, 0.6) is 0 Å². The molecule has 0 heterocycles. The molecule has 0 rings (SSSR count). The summed E-state index contributed by atoms with van der Waals surface area (Å²) in [4.78, 5) is 2.00. The second kappa shape index (κ2) is 8.22. The van der Waals surface area contributed by atoms with Gasteiger partial charge in [-0.25, -0.2) is 4.39 Å². The van der Waals surface area contributed by atoms with E-state index in [1.54, 1.807) is 0 Å². The fourth-order valence-electron chi connectivity index (χ4n) is 1.50. The third kappa shape index (κ3) is 5.58. The molecule has 0 radical (unpaired) electrons. The van der Waals surface area contributed by atoms with Crippen LogP contribution in [0.25, 0.3) is 0 Å². The van der Waals surface area contributed by atoms with Crippen molar-refractivity contribution in [3.63, 3.8) is 0 Å². The maximum absolute atomic E-state index is 13.8. The first-order chi connectivity index (χ1) is 6.63. The number of nitrogens with zero attached hydrogens (tertiary/aromatic N) is 1. The molecule has 14 heavy (non-hydrogen) atoms. The van der Waals surface area contributed by atoms with Gasteiger partial charge in [-0.1, -0.05) is 40.5 Å². The largest absolute Gasteiger partial charge is 0.274 e. The normalized spacial score (nSPS) is 13.9. The van der Waals surface area contributed by atoms with E-state index in [0.29, 0.717) is 0 Å². The molecule has 0 aromatic rings. The van der Waals surface area contributed by atoms with Gasteiger partial charge in [-0.15, -0.1) is 0 Å². The summed E-state index contributed by atoms with van der Waals surface area (Å²) in [6.45, 7) is 10.0. The molecule has 0 amide bonds. The Bertz CT molecular complexity index is 117. The van der Waals surface area contributed by atoms with Gasteiger partial charge in [0.2, 0.25) is 0 Å². The fraction of sp³-hybridized carbons (Fsp3) is 1.00. The van der Waals surface area contributed by atoms with Crippen LogP contribution in [-0.4, -0.2) is 24.3 Å². The molecule has 0 bridgehead atoms. The molecule has 0 N–H and O–H groups in total. The molecule has 1 unspecified atom stereocenters. The van der Waals surface area contributed by atoms with E-state index in [2.05, 4.69) is 13.8 Å². The van der Waals surface area contributed by atoms with Crippen LogP contribution in [-0.2, 0) is 0 Å². The van der Waals surface area contributed by atoms with Gasteiger partial charge in [0, 0.05) is 13.1 Å². The number of rotatable bonds is 8. The monoisotopic (exact) mass is 203 g/mol. The van der Waals surface area contributed by atoms with E-state index in [1.165, 1.54) is 0 Å². The Hall–Kier alpha value is -0.110. The van der Waals surface area contributed by atoms with Crippen LogP contribution in [0, 0.1) is 5.92 Å². The summed E-state index contributed by atoms with van der Waals surface area (Å²) in [6.07, 6.45) is 3.75. The number of alkyl halides is 1. The molecule has 0 aliphatic rings. The molecule has 86 valence electrons. The standard InChI is InChI=1S/C12H26FN/c1-5-7-9-14(10-8-6-2)12(13)11(3)4/h11-12H,5-10H2,1-4H3. The van der Waals surface area contributed by atoms with Crippen molar-refractivity contribution in [2.75, 3.05) is 13.1 Å². The molecule has 0 saturated heterocycles. The van der Waals surface area contributed by atoms with Crippen LogP contribution >= 0.6 is 0 Å². The van der Waals surface area contributed by atoms with Gasteiger partial charge in [0.25, 0.3) is 0 Å². The first-order valence-corrected chi connectivity index (χ1v) is 6.01. The Kier molecular flexibility index (Phi) is 8.15. The highest BCUT2D eigenvalue weighted by Gasteiger charge is 2.19. The van der Waals surface area contributed by atoms with Crippen LogP contribution in [0.4, 0.5) is 4.39 Å². The summed E-state index contributed by atoms with van der Waals surface area (Å²) < 4.78 is 13.8. The molecule has 0 aliphatic heterocycles. The minimum atomic E-state index is -0.756. The molecule has 0 saturated carbocycles. The van der Waals surface area contributed by atoms with Gasteiger partial charge >= 0.3 is 0 Å². The lowest BCUT2D eigenvalue weighted by molar-refractivity contribution is 0.0416. The van der Waals surface area contributed by atoms with E-state index < -0.39 is 6.30 Å². The number of hydrogen-bond donors (Lipinski definition) is 0. The van der Waals surface area contributed by atoms with E-state index in [9.17, 15) is 4.39 Å². The van der Waals surface area contributed by atoms with Crippen molar-refractivity contribution in [2.24, 2.45) is 5.92 Å². The summed E-state index contributed by atoms with van der Waals surface area (Å²) in [6, 6.07) is 0. The molecule has 1 atom stereocenters. The smallest absolute Gasteiger partial charge is 0.155 e. The summed E-state index contributed by atoms with van der Waals surface area (Å²) in [5.74, 6) is 0.115. The quantitative estimate of drug-likeness (QED) is 0.542. The molecule has 0 aliphatic carbocycles. The van der Waals surface area contributed by atoms with Gasteiger partial charge in [-0.05, 0) is 18.8 Å². The Morgan fingerprint density at radius 2 is 1.43 bits per heavy atom. The summed E-state index contributed by atoms with van der Waals surface area (Å²) in [5.41, 5.74) is 0. The molecule has 1 nitrogen and oxygen atoms in total. The highest BCUT2D eigenvalue weighted by Crippen LogP contribution is 2.14. The average molecular weight is 203 g/mol. The first-order valence-electron chi connectivity index (χ1n) is 6.01. The summed E-state index contributed by atoms with van der Waals surface area (Å²) in [5, 5.41) is 0. The van der Waals surface area contributed by atoms with Crippen LogP contribution in [0.15, 0.2) is 0 Å². The minimum Gasteiger partial charge on any atom is -0.274 e. The topological polar surface area (TPSA) is 3.24 Å². The predicted octanol–water partition coefficient (Wildman–Crippen LogP) is 3.84. The molecule has 0 aromatic carbocycles. The third-order valence-corrected chi connectivity index (χ3v) is 2.50. The lowest BCUT2D eigenvalue weighted by atomic mass is 10.1. The Morgan fingerprint density at radius 1 is 1.00 bits per heavy atom. The minimum absolute atomic E-state index is 0.115. The van der Waals surface area contributed by atoms with Gasteiger partial charge in [0.05, 0.1) is 0 Å². The van der Waals surface area contributed by atoms with Gasteiger partial charge in [0.1, 0.15) is 0 Å². The fourth-order valence-corrected chi connectivity index (χ4v) is 1.50. The molecular formula is C12H26FN. The van der Waals surface area contributed by atoms with Gasteiger partial charge in [0.15, 0.2) is 6.30 Å². The highest BCUT2D eigenvalue weighted by atomic mass is 19.1. The second-order valence-electron chi connectivity index (χ2n) is 4.36. The van der Waals surface area contributed by atoms with Crippen molar-refractivity contribution >= 4 is 0 Å². The number of hydrogen-bond acceptors (Lipinski definition) is 1. The number of unbranched alkanes of at least 4 members (excludes halogenated alkanes) is 2. The van der Waals surface area contributed by atoms with Gasteiger partial charge in [-0.3, -0.25) is 4.90 Å². The van der Waals surface area contributed by atoms with Crippen molar-refractivity contribution < 1.29 is 4.39 Å². The summed E-state index contributed by atoms with van der Waals surface area (Å²) in [7, 11) is 0. The van der Waals surface area contributed by atoms with Crippen molar-refractivity contribution in [1.82, 2.24) is 4.90 Å². The summed E-state index contributed by atoms with van der Waals surface area (Å²) >= 11 is 0. The van der Waals surface area contributed by atoms with Crippen LogP contribution < -0.4 is 0 Å². The Labute approximate surface area is 88.7 Å². The molecular weight excluding hydrogens is 177 g/mol. The van der Waals surface area contributed by atoms with E-state index >= 15 is 0 Å².